The molecule has 3 rings (SSSR count). The molecule has 1 aromatic heterocycles. The van der Waals surface area contributed by atoms with Crippen LogP contribution in [0.4, 0.5) is 5.82 Å². The van der Waals surface area contributed by atoms with Gasteiger partial charge in [0.15, 0.2) is 0 Å². The maximum absolute atomic E-state index is 5.83. The standard InChI is InChI=1S/C15H24N4/c1-11-9-14(16)18-15(17-11)10-19-8-4-6-12-5-2-3-7-13(12)19/h9,12-13H,2-8,10H2,1H3,(H2,16,17,18). The van der Waals surface area contributed by atoms with E-state index in [2.05, 4.69) is 14.9 Å². The molecule has 2 fully saturated rings. The SMILES string of the molecule is Cc1cc(N)nc(CN2CCCC3CCCCC32)n1. The van der Waals surface area contributed by atoms with Gasteiger partial charge in [-0.3, -0.25) is 4.90 Å². The van der Waals surface area contributed by atoms with Gasteiger partial charge in [-0.1, -0.05) is 12.8 Å². The van der Waals surface area contributed by atoms with E-state index in [0.29, 0.717) is 5.82 Å². The summed E-state index contributed by atoms with van der Waals surface area (Å²) in [6.45, 7) is 4.05. The molecule has 0 spiro atoms. The average molecular weight is 260 g/mol. The second-order valence-electron chi connectivity index (χ2n) is 6.08. The van der Waals surface area contributed by atoms with Gasteiger partial charge in [0.2, 0.25) is 0 Å². The van der Waals surface area contributed by atoms with E-state index in [1.54, 1.807) is 0 Å². The van der Waals surface area contributed by atoms with E-state index in [-0.39, 0.29) is 0 Å². The van der Waals surface area contributed by atoms with Crippen LogP contribution in [0.3, 0.4) is 0 Å². The Morgan fingerprint density at radius 2 is 2.00 bits per heavy atom. The molecule has 1 saturated carbocycles. The van der Waals surface area contributed by atoms with Crippen LogP contribution in [0.15, 0.2) is 6.07 Å². The number of fused-ring (bicyclic) bond motifs is 1. The zero-order valence-corrected chi connectivity index (χ0v) is 11.8. The lowest BCUT2D eigenvalue weighted by Gasteiger charge is -2.43. The molecule has 1 aliphatic heterocycles. The van der Waals surface area contributed by atoms with Crippen molar-refractivity contribution in [1.82, 2.24) is 14.9 Å². The minimum atomic E-state index is 0.597. The normalized spacial score (nSPS) is 28.1. The molecule has 4 heteroatoms. The first-order valence-electron chi connectivity index (χ1n) is 7.56. The molecule has 2 unspecified atom stereocenters. The molecule has 2 atom stereocenters. The summed E-state index contributed by atoms with van der Waals surface area (Å²) in [5.41, 5.74) is 6.80. The third kappa shape index (κ3) is 2.89. The van der Waals surface area contributed by atoms with Crippen molar-refractivity contribution in [2.75, 3.05) is 12.3 Å². The first-order valence-corrected chi connectivity index (χ1v) is 7.56. The minimum absolute atomic E-state index is 0.597. The van der Waals surface area contributed by atoms with Crippen molar-refractivity contribution in [3.05, 3.63) is 17.6 Å². The van der Waals surface area contributed by atoms with Crippen LogP contribution in [0, 0.1) is 12.8 Å². The van der Waals surface area contributed by atoms with Crippen LogP contribution in [-0.2, 0) is 6.54 Å². The number of nitrogens with zero attached hydrogens (tertiary/aromatic N) is 3. The number of nitrogen functional groups attached to an aromatic ring is 1. The van der Waals surface area contributed by atoms with Crippen molar-refractivity contribution in [2.24, 2.45) is 5.92 Å². The number of nitrogens with two attached hydrogens (primary N) is 1. The van der Waals surface area contributed by atoms with E-state index in [1.165, 1.54) is 45.1 Å². The molecule has 1 saturated heterocycles. The highest BCUT2D eigenvalue weighted by atomic mass is 15.2. The summed E-state index contributed by atoms with van der Waals surface area (Å²) in [4.78, 5) is 11.5. The zero-order valence-electron chi connectivity index (χ0n) is 11.8. The molecule has 1 aliphatic carbocycles. The number of aryl methyl sites for hydroxylation is 1. The largest absolute Gasteiger partial charge is 0.384 e. The molecule has 104 valence electrons. The molecule has 19 heavy (non-hydrogen) atoms. The number of likely N-dealkylation sites (tertiary alicyclic amines) is 1. The Hall–Kier alpha value is -1.16. The van der Waals surface area contributed by atoms with Crippen LogP contribution in [0.25, 0.3) is 0 Å². The summed E-state index contributed by atoms with van der Waals surface area (Å²) in [5, 5.41) is 0. The quantitative estimate of drug-likeness (QED) is 0.887. The van der Waals surface area contributed by atoms with Crippen molar-refractivity contribution in [3.63, 3.8) is 0 Å². The van der Waals surface area contributed by atoms with Gasteiger partial charge in [-0.25, -0.2) is 9.97 Å². The Labute approximate surface area is 115 Å². The molecule has 1 aromatic rings. The number of hydrogen-bond acceptors (Lipinski definition) is 4. The predicted octanol–water partition coefficient (Wildman–Crippen LogP) is 2.52. The molecule has 0 aromatic carbocycles. The topological polar surface area (TPSA) is 55.0 Å². The van der Waals surface area contributed by atoms with Crippen molar-refractivity contribution in [2.45, 2.75) is 58.0 Å². The summed E-state index contributed by atoms with van der Waals surface area (Å²) >= 11 is 0. The van der Waals surface area contributed by atoms with Crippen molar-refractivity contribution in [3.8, 4) is 0 Å². The maximum Gasteiger partial charge on any atom is 0.144 e. The first-order chi connectivity index (χ1) is 9.22. The van der Waals surface area contributed by atoms with E-state index < -0.39 is 0 Å². The molecular formula is C15H24N4. The number of aromatic nitrogens is 2. The third-order valence-corrected chi connectivity index (χ3v) is 4.62. The lowest BCUT2D eigenvalue weighted by molar-refractivity contribution is 0.0527. The van der Waals surface area contributed by atoms with E-state index in [0.717, 1.165) is 30.0 Å². The molecule has 4 nitrogen and oxygen atoms in total. The van der Waals surface area contributed by atoms with E-state index in [9.17, 15) is 0 Å². The molecular weight excluding hydrogens is 236 g/mol. The van der Waals surface area contributed by atoms with Gasteiger partial charge in [-0.2, -0.15) is 0 Å². The Morgan fingerprint density at radius 1 is 1.21 bits per heavy atom. The lowest BCUT2D eigenvalue weighted by atomic mass is 9.78. The number of hydrogen-bond donors (Lipinski definition) is 1. The Bertz CT molecular complexity index is 424. The van der Waals surface area contributed by atoms with Gasteiger partial charge >= 0.3 is 0 Å². The van der Waals surface area contributed by atoms with Gasteiger partial charge in [-0.05, 0) is 45.1 Å². The first kappa shape index (κ1) is 12.9. The number of piperidine rings is 1. The fourth-order valence-electron chi connectivity index (χ4n) is 3.83. The summed E-state index contributed by atoms with van der Waals surface area (Å²) in [6.07, 6.45) is 8.31. The van der Waals surface area contributed by atoms with Crippen molar-refractivity contribution < 1.29 is 0 Å². The highest BCUT2D eigenvalue weighted by Crippen LogP contribution is 2.35. The van der Waals surface area contributed by atoms with Gasteiger partial charge < -0.3 is 5.73 Å². The lowest BCUT2D eigenvalue weighted by Crippen LogP contribution is -2.46. The highest BCUT2D eigenvalue weighted by Gasteiger charge is 2.33. The Balaban J connectivity index is 1.74. The van der Waals surface area contributed by atoms with Crippen LogP contribution in [0.5, 0.6) is 0 Å². The summed E-state index contributed by atoms with van der Waals surface area (Å²) in [5.74, 6) is 2.40. The number of anilines is 1. The molecule has 0 amide bonds. The van der Waals surface area contributed by atoms with Gasteiger partial charge in [0.25, 0.3) is 0 Å². The molecule has 0 bridgehead atoms. The summed E-state index contributed by atoms with van der Waals surface area (Å²) in [6, 6.07) is 2.59. The van der Waals surface area contributed by atoms with Gasteiger partial charge in [0.1, 0.15) is 11.6 Å². The minimum Gasteiger partial charge on any atom is -0.384 e. The van der Waals surface area contributed by atoms with Crippen LogP contribution in [0.2, 0.25) is 0 Å². The predicted molar refractivity (Wildman–Crippen MR) is 76.6 cm³/mol. The van der Waals surface area contributed by atoms with Crippen molar-refractivity contribution >= 4 is 5.82 Å². The third-order valence-electron chi connectivity index (χ3n) is 4.62. The summed E-state index contributed by atoms with van der Waals surface area (Å²) in [7, 11) is 0. The molecule has 0 radical (unpaired) electrons. The fourth-order valence-corrected chi connectivity index (χ4v) is 3.83. The Morgan fingerprint density at radius 3 is 2.84 bits per heavy atom. The Kier molecular flexibility index (Phi) is 3.69. The number of rotatable bonds is 2. The smallest absolute Gasteiger partial charge is 0.144 e. The van der Waals surface area contributed by atoms with E-state index >= 15 is 0 Å². The molecule has 2 heterocycles. The van der Waals surface area contributed by atoms with Crippen LogP contribution in [0.1, 0.15) is 50.0 Å². The summed E-state index contributed by atoms with van der Waals surface area (Å²) < 4.78 is 0. The van der Waals surface area contributed by atoms with Crippen LogP contribution < -0.4 is 5.73 Å². The second kappa shape index (κ2) is 5.45. The van der Waals surface area contributed by atoms with Gasteiger partial charge in [-0.15, -0.1) is 0 Å². The average Bonchev–Trinajstić information content (AvgIpc) is 2.38. The van der Waals surface area contributed by atoms with Crippen LogP contribution >= 0.6 is 0 Å². The van der Waals surface area contributed by atoms with Gasteiger partial charge in [0.05, 0.1) is 6.54 Å². The maximum atomic E-state index is 5.83. The van der Waals surface area contributed by atoms with Gasteiger partial charge in [0, 0.05) is 17.8 Å². The van der Waals surface area contributed by atoms with Crippen LogP contribution in [-0.4, -0.2) is 27.5 Å². The highest BCUT2D eigenvalue weighted by molar-refractivity contribution is 5.29. The second-order valence-corrected chi connectivity index (χ2v) is 6.08. The van der Waals surface area contributed by atoms with E-state index in [4.69, 9.17) is 5.73 Å². The van der Waals surface area contributed by atoms with E-state index in [1.807, 2.05) is 13.0 Å². The monoisotopic (exact) mass is 260 g/mol. The van der Waals surface area contributed by atoms with Crippen molar-refractivity contribution in [1.29, 1.82) is 0 Å². The molecule has 2 N–H and O–H groups in total. The molecule has 2 aliphatic rings. The zero-order chi connectivity index (χ0) is 13.2. The fraction of sp³-hybridized carbons (Fsp3) is 0.733.